The summed E-state index contributed by atoms with van der Waals surface area (Å²) in [4.78, 5) is 2.12. The summed E-state index contributed by atoms with van der Waals surface area (Å²) in [6.07, 6.45) is 0.606. The predicted octanol–water partition coefficient (Wildman–Crippen LogP) is 2.41. The third kappa shape index (κ3) is 2.13. The second-order valence-corrected chi connectivity index (χ2v) is 4.80. The number of β-amino-alcohol motifs (C(OH)–C–C–N with tert-alkyl or cyclic N) is 1. The van der Waals surface area contributed by atoms with E-state index in [2.05, 4.69) is 10.2 Å². The van der Waals surface area contributed by atoms with Crippen molar-refractivity contribution < 1.29 is 10.2 Å². The van der Waals surface area contributed by atoms with Gasteiger partial charge in [-0.05, 0) is 30.2 Å². The monoisotopic (exact) mass is 270 g/mol. The van der Waals surface area contributed by atoms with Gasteiger partial charge in [-0.1, -0.05) is 24.3 Å². The first-order valence-corrected chi connectivity index (χ1v) is 6.82. The van der Waals surface area contributed by atoms with E-state index in [4.69, 9.17) is 0 Å². The minimum atomic E-state index is 0.0846. The van der Waals surface area contributed by atoms with E-state index in [1.165, 1.54) is 0 Å². The number of aliphatic hydroxyl groups excluding tert-OH is 2. The lowest BCUT2D eigenvalue weighted by Gasteiger charge is -2.35. The van der Waals surface area contributed by atoms with Gasteiger partial charge in [-0.15, -0.1) is 0 Å². The van der Waals surface area contributed by atoms with Crippen LogP contribution in [0.5, 0.6) is 0 Å². The molecule has 0 saturated carbocycles. The summed E-state index contributed by atoms with van der Waals surface area (Å²) in [5.41, 5.74) is 5.24. The average molecular weight is 270 g/mol. The molecular formula is C16H18N2O2. The molecule has 3 N–H and O–H groups in total. The molecule has 0 aliphatic carbocycles. The Hall–Kier alpha value is -2.04. The first-order valence-electron chi connectivity index (χ1n) is 6.82. The standard InChI is InChI=1S/C16H18N2O2/c19-10-8-12-4-3-6-14-16(12)18(9-11-20)15-7-2-1-5-13(15)17-14/h1-7,17,19-20H,8-11H2. The maximum atomic E-state index is 9.38. The molecule has 4 heteroatoms. The molecule has 0 atom stereocenters. The number of hydrogen-bond donors (Lipinski definition) is 3. The quantitative estimate of drug-likeness (QED) is 0.798. The van der Waals surface area contributed by atoms with Crippen LogP contribution in [0.2, 0.25) is 0 Å². The normalized spacial score (nSPS) is 12.6. The van der Waals surface area contributed by atoms with E-state index in [0.717, 1.165) is 28.3 Å². The molecule has 1 heterocycles. The third-order valence-electron chi connectivity index (χ3n) is 3.56. The molecule has 0 fully saturated rings. The van der Waals surface area contributed by atoms with E-state index >= 15 is 0 Å². The van der Waals surface area contributed by atoms with E-state index in [0.29, 0.717) is 13.0 Å². The van der Waals surface area contributed by atoms with Crippen LogP contribution in [0.15, 0.2) is 42.5 Å². The number of para-hydroxylation sites is 3. The van der Waals surface area contributed by atoms with Gasteiger partial charge in [-0.25, -0.2) is 0 Å². The molecule has 0 saturated heterocycles. The first kappa shape index (κ1) is 13.0. The predicted molar refractivity (Wildman–Crippen MR) is 81.0 cm³/mol. The molecule has 20 heavy (non-hydrogen) atoms. The van der Waals surface area contributed by atoms with Gasteiger partial charge in [-0.2, -0.15) is 0 Å². The number of anilines is 4. The molecular weight excluding hydrogens is 252 g/mol. The smallest absolute Gasteiger partial charge is 0.0684 e. The number of nitrogens with zero attached hydrogens (tertiary/aromatic N) is 1. The highest BCUT2D eigenvalue weighted by Crippen LogP contribution is 2.44. The van der Waals surface area contributed by atoms with Crippen molar-refractivity contribution in [3.05, 3.63) is 48.0 Å². The van der Waals surface area contributed by atoms with Crippen LogP contribution >= 0.6 is 0 Å². The molecule has 4 nitrogen and oxygen atoms in total. The average Bonchev–Trinajstić information content (AvgIpc) is 2.47. The Balaban J connectivity index is 2.14. The number of rotatable bonds is 4. The van der Waals surface area contributed by atoms with Gasteiger partial charge in [0.2, 0.25) is 0 Å². The zero-order valence-corrected chi connectivity index (χ0v) is 11.2. The Bertz CT molecular complexity index is 613. The number of nitrogens with one attached hydrogen (secondary N) is 1. The van der Waals surface area contributed by atoms with Crippen LogP contribution in [-0.2, 0) is 6.42 Å². The van der Waals surface area contributed by atoms with Gasteiger partial charge in [0.05, 0.1) is 29.4 Å². The zero-order valence-electron chi connectivity index (χ0n) is 11.2. The highest BCUT2D eigenvalue weighted by atomic mass is 16.3. The van der Waals surface area contributed by atoms with Gasteiger partial charge in [0.25, 0.3) is 0 Å². The second-order valence-electron chi connectivity index (χ2n) is 4.80. The van der Waals surface area contributed by atoms with Crippen molar-refractivity contribution in [2.24, 2.45) is 0 Å². The number of aliphatic hydroxyl groups is 2. The van der Waals surface area contributed by atoms with Crippen LogP contribution < -0.4 is 10.2 Å². The molecule has 104 valence electrons. The van der Waals surface area contributed by atoms with Crippen LogP contribution in [0.3, 0.4) is 0 Å². The highest BCUT2D eigenvalue weighted by Gasteiger charge is 2.23. The van der Waals surface area contributed by atoms with E-state index in [-0.39, 0.29) is 13.2 Å². The van der Waals surface area contributed by atoms with Crippen molar-refractivity contribution in [3.8, 4) is 0 Å². The number of fused-ring (bicyclic) bond motifs is 2. The summed E-state index contributed by atoms with van der Waals surface area (Å²) in [5, 5.41) is 22.0. The lowest BCUT2D eigenvalue weighted by Crippen LogP contribution is -2.27. The fraction of sp³-hybridized carbons (Fsp3) is 0.250. The Morgan fingerprint density at radius 2 is 1.70 bits per heavy atom. The van der Waals surface area contributed by atoms with E-state index < -0.39 is 0 Å². The van der Waals surface area contributed by atoms with Crippen molar-refractivity contribution in [1.29, 1.82) is 0 Å². The molecule has 0 unspecified atom stereocenters. The lowest BCUT2D eigenvalue weighted by atomic mass is 10.0. The van der Waals surface area contributed by atoms with Crippen molar-refractivity contribution in [1.82, 2.24) is 0 Å². The largest absolute Gasteiger partial charge is 0.396 e. The summed E-state index contributed by atoms with van der Waals surface area (Å²) in [6.45, 7) is 0.737. The minimum absolute atomic E-state index is 0.0846. The first-order chi connectivity index (χ1) is 9.85. The van der Waals surface area contributed by atoms with Crippen molar-refractivity contribution in [2.75, 3.05) is 30.0 Å². The summed E-state index contributed by atoms with van der Waals surface area (Å²) in [5.74, 6) is 0. The Kier molecular flexibility index (Phi) is 3.58. The van der Waals surface area contributed by atoms with Crippen molar-refractivity contribution >= 4 is 22.7 Å². The fourth-order valence-corrected chi connectivity index (χ4v) is 2.75. The summed E-state index contributed by atoms with van der Waals surface area (Å²) in [6, 6.07) is 14.1. The topological polar surface area (TPSA) is 55.7 Å². The van der Waals surface area contributed by atoms with Crippen molar-refractivity contribution in [2.45, 2.75) is 6.42 Å². The van der Waals surface area contributed by atoms with Gasteiger partial charge >= 0.3 is 0 Å². The van der Waals surface area contributed by atoms with Gasteiger partial charge in [0.1, 0.15) is 0 Å². The Labute approximate surface area is 118 Å². The molecule has 0 aromatic heterocycles. The highest BCUT2D eigenvalue weighted by molar-refractivity contribution is 5.93. The molecule has 1 aliphatic heterocycles. The van der Waals surface area contributed by atoms with E-state index in [1.807, 2.05) is 42.5 Å². The molecule has 1 aliphatic rings. The maximum Gasteiger partial charge on any atom is 0.0684 e. The molecule has 0 bridgehead atoms. The molecule has 0 spiro atoms. The van der Waals surface area contributed by atoms with Gasteiger partial charge in [0.15, 0.2) is 0 Å². The Morgan fingerprint density at radius 1 is 0.900 bits per heavy atom. The number of benzene rings is 2. The minimum Gasteiger partial charge on any atom is -0.396 e. The fourth-order valence-electron chi connectivity index (χ4n) is 2.75. The third-order valence-corrected chi connectivity index (χ3v) is 3.56. The van der Waals surface area contributed by atoms with E-state index in [1.54, 1.807) is 0 Å². The summed E-state index contributed by atoms with van der Waals surface area (Å²) < 4.78 is 0. The number of hydrogen-bond acceptors (Lipinski definition) is 4. The van der Waals surface area contributed by atoms with Crippen LogP contribution in [0.4, 0.5) is 22.7 Å². The lowest BCUT2D eigenvalue weighted by molar-refractivity contribution is 0.299. The molecule has 0 amide bonds. The SMILES string of the molecule is OCCc1cccc2c1N(CCO)c1ccccc1N2. The van der Waals surface area contributed by atoms with Gasteiger partial charge in [-0.3, -0.25) is 0 Å². The molecule has 3 rings (SSSR count). The zero-order chi connectivity index (χ0) is 13.9. The second kappa shape index (κ2) is 5.53. The van der Waals surface area contributed by atoms with Crippen LogP contribution in [0.1, 0.15) is 5.56 Å². The van der Waals surface area contributed by atoms with Gasteiger partial charge in [0, 0.05) is 13.2 Å². The summed E-state index contributed by atoms with van der Waals surface area (Å²) >= 11 is 0. The molecule has 2 aromatic rings. The van der Waals surface area contributed by atoms with Crippen molar-refractivity contribution in [3.63, 3.8) is 0 Å². The van der Waals surface area contributed by atoms with Gasteiger partial charge < -0.3 is 20.4 Å². The molecule has 0 radical (unpaired) electrons. The van der Waals surface area contributed by atoms with Crippen LogP contribution in [-0.4, -0.2) is 30.0 Å². The molecule has 2 aromatic carbocycles. The van der Waals surface area contributed by atoms with Crippen LogP contribution in [0, 0.1) is 0 Å². The van der Waals surface area contributed by atoms with Crippen LogP contribution in [0.25, 0.3) is 0 Å². The Morgan fingerprint density at radius 3 is 2.50 bits per heavy atom. The van der Waals surface area contributed by atoms with E-state index in [9.17, 15) is 10.2 Å². The maximum absolute atomic E-state index is 9.38. The summed E-state index contributed by atoms with van der Waals surface area (Å²) in [7, 11) is 0.